The van der Waals surface area contributed by atoms with Crippen molar-refractivity contribution in [1.82, 2.24) is 4.72 Å². The van der Waals surface area contributed by atoms with Crippen LogP contribution in [0.2, 0.25) is 0 Å². The minimum Gasteiger partial charge on any atom is -0.383 e. The third-order valence-corrected chi connectivity index (χ3v) is 3.02. The van der Waals surface area contributed by atoms with Crippen LogP contribution >= 0.6 is 0 Å². The third kappa shape index (κ3) is 2.68. The van der Waals surface area contributed by atoms with Crippen molar-refractivity contribution in [3.8, 4) is 0 Å². The minimum atomic E-state index is -3.62. The molecular weight excluding hydrogens is 214 g/mol. The lowest BCUT2D eigenvalue weighted by molar-refractivity contribution is 0.550. The fourth-order valence-electron chi connectivity index (χ4n) is 1.76. The Balaban J connectivity index is 2.12. The number of para-hydroxylation sites is 1. The second kappa shape index (κ2) is 3.80. The van der Waals surface area contributed by atoms with Gasteiger partial charge in [0.05, 0.1) is 0 Å². The maximum absolute atomic E-state index is 10.9. The number of anilines is 1. The summed E-state index contributed by atoms with van der Waals surface area (Å²) in [6.45, 7) is 0.563. The second-order valence-electron chi connectivity index (χ2n) is 3.60. The summed E-state index contributed by atoms with van der Waals surface area (Å²) in [7, 11) is -3.62. The fourth-order valence-corrected chi connectivity index (χ4v) is 2.39. The molecule has 0 saturated carbocycles. The Hall–Kier alpha value is -1.11. The standard InChI is InChI=1S/C9H13N3O2S/c10-15(13,14)12-8-5-7-3-1-2-4-9(7)11-6-8/h1-4,8,11-12H,5-6H2,(H2,10,13,14). The third-order valence-electron chi connectivity index (χ3n) is 2.35. The highest BCUT2D eigenvalue weighted by Gasteiger charge is 2.20. The molecule has 2 rings (SSSR count). The predicted octanol–water partition coefficient (Wildman–Crippen LogP) is -0.184. The molecule has 1 aliphatic rings. The first-order valence-corrected chi connectivity index (χ1v) is 6.21. The highest BCUT2D eigenvalue weighted by molar-refractivity contribution is 7.87. The summed E-state index contributed by atoms with van der Waals surface area (Å²) in [5.74, 6) is 0. The Bertz CT molecular complexity index is 458. The van der Waals surface area contributed by atoms with Gasteiger partial charge in [-0.05, 0) is 18.1 Å². The molecule has 15 heavy (non-hydrogen) atoms. The Kier molecular flexibility index (Phi) is 2.64. The van der Waals surface area contributed by atoms with E-state index in [0.29, 0.717) is 13.0 Å². The Morgan fingerprint density at radius 3 is 2.87 bits per heavy atom. The number of nitrogens with two attached hydrogens (primary N) is 1. The van der Waals surface area contributed by atoms with Crippen LogP contribution in [0.15, 0.2) is 24.3 Å². The fraction of sp³-hybridized carbons (Fsp3) is 0.333. The Morgan fingerprint density at radius 1 is 1.40 bits per heavy atom. The molecule has 0 spiro atoms. The van der Waals surface area contributed by atoms with E-state index >= 15 is 0 Å². The monoisotopic (exact) mass is 227 g/mol. The molecule has 0 bridgehead atoms. The van der Waals surface area contributed by atoms with Crippen LogP contribution in [0.5, 0.6) is 0 Å². The summed E-state index contributed by atoms with van der Waals surface area (Å²) in [4.78, 5) is 0. The molecule has 1 atom stereocenters. The highest BCUT2D eigenvalue weighted by Crippen LogP contribution is 2.20. The van der Waals surface area contributed by atoms with Crippen molar-refractivity contribution in [2.24, 2.45) is 5.14 Å². The predicted molar refractivity (Wildman–Crippen MR) is 58.7 cm³/mol. The molecule has 0 aliphatic carbocycles. The van der Waals surface area contributed by atoms with Gasteiger partial charge in [0.2, 0.25) is 0 Å². The van der Waals surface area contributed by atoms with Crippen LogP contribution in [-0.2, 0) is 16.6 Å². The molecule has 0 fully saturated rings. The number of hydrogen-bond donors (Lipinski definition) is 3. The smallest absolute Gasteiger partial charge is 0.274 e. The molecule has 4 N–H and O–H groups in total. The summed E-state index contributed by atoms with van der Waals surface area (Å²) in [6.07, 6.45) is 0.666. The molecular formula is C9H13N3O2S. The molecule has 6 heteroatoms. The van der Waals surface area contributed by atoms with Gasteiger partial charge in [0.1, 0.15) is 0 Å². The van der Waals surface area contributed by atoms with E-state index in [9.17, 15) is 8.42 Å². The van der Waals surface area contributed by atoms with Crippen LogP contribution in [0.25, 0.3) is 0 Å². The van der Waals surface area contributed by atoms with Gasteiger partial charge in [-0.1, -0.05) is 18.2 Å². The zero-order valence-electron chi connectivity index (χ0n) is 8.10. The lowest BCUT2D eigenvalue weighted by atomic mass is 10.0. The van der Waals surface area contributed by atoms with Gasteiger partial charge in [-0.15, -0.1) is 0 Å². The molecule has 82 valence electrons. The molecule has 5 nitrogen and oxygen atoms in total. The Labute approximate surface area is 88.9 Å². The molecule has 1 aromatic rings. The summed E-state index contributed by atoms with van der Waals surface area (Å²) < 4.78 is 24.1. The topological polar surface area (TPSA) is 84.2 Å². The first kappa shape index (κ1) is 10.4. The van der Waals surface area contributed by atoms with Crippen molar-refractivity contribution >= 4 is 15.9 Å². The Morgan fingerprint density at radius 2 is 2.13 bits per heavy atom. The quantitative estimate of drug-likeness (QED) is 0.655. The molecule has 1 unspecified atom stereocenters. The van der Waals surface area contributed by atoms with Gasteiger partial charge in [-0.2, -0.15) is 13.1 Å². The molecule has 1 aliphatic heterocycles. The van der Waals surface area contributed by atoms with Gasteiger partial charge >= 0.3 is 0 Å². The van der Waals surface area contributed by atoms with Crippen molar-refractivity contribution in [3.63, 3.8) is 0 Å². The zero-order chi connectivity index (χ0) is 10.9. The molecule has 1 aromatic carbocycles. The largest absolute Gasteiger partial charge is 0.383 e. The number of nitrogens with one attached hydrogen (secondary N) is 2. The van der Waals surface area contributed by atoms with Crippen molar-refractivity contribution in [1.29, 1.82) is 0 Å². The maximum Gasteiger partial charge on any atom is 0.274 e. The van der Waals surface area contributed by atoms with Crippen LogP contribution in [0.3, 0.4) is 0 Å². The van der Waals surface area contributed by atoms with Crippen molar-refractivity contribution in [3.05, 3.63) is 29.8 Å². The van der Waals surface area contributed by atoms with E-state index in [0.717, 1.165) is 11.3 Å². The zero-order valence-corrected chi connectivity index (χ0v) is 8.92. The average molecular weight is 227 g/mol. The lowest BCUT2D eigenvalue weighted by Crippen LogP contribution is -2.46. The molecule has 1 heterocycles. The van der Waals surface area contributed by atoms with Gasteiger partial charge in [0.15, 0.2) is 0 Å². The normalized spacial score (nSPS) is 20.5. The van der Waals surface area contributed by atoms with Gasteiger partial charge in [-0.3, -0.25) is 0 Å². The first-order chi connectivity index (χ1) is 7.04. The van der Waals surface area contributed by atoms with Crippen LogP contribution in [0.1, 0.15) is 5.56 Å². The van der Waals surface area contributed by atoms with E-state index in [-0.39, 0.29) is 6.04 Å². The minimum absolute atomic E-state index is 0.171. The summed E-state index contributed by atoms with van der Waals surface area (Å²) in [6, 6.07) is 7.65. The molecule has 0 radical (unpaired) electrons. The van der Waals surface area contributed by atoms with Crippen molar-refractivity contribution in [2.75, 3.05) is 11.9 Å². The van der Waals surface area contributed by atoms with Gasteiger partial charge in [-0.25, -0.2) is 5.14 Å². The summed E-state index contributed by atoms with van der Waals surface area (Å²) in [5.41, 5.74) is 2.16. The van der Waals surface area contributed by atoms with Crippen molar-refractivity contribution in [2.45, 2.75) is 12.5 Å². The van der Waals surface area contributed by atoms with E-state index in [1.165, 1.54) is 0 Å². The maximum atomic E-state index is 10.9. The van der Waals surface area contributed by atoms with Crippen molar-refractivity contribution < 1.29 is 8.42 Å². The van der Waals surface area contributed by atoms with E-state index in [1.54, 1.807) is 0 Å². The summed E-state index contributed by atoms with van der Waals surface area (Å²) >= 11 is 0. The molecule has 0 saturated heterocycles. The van der Waals surface area contributed by atoms with Crippen LogP contribution in [-0.4, -0.2) is 21.0 Å². The number of rotatable bonds is 2. The summed E-state index contributed by atoms with van der Waals surface area (Å²) in [5, 5.41) is 8.07. The van der Waals surface area contributed by atoms with E-state index in [2.05, 4.69) is 10.0 Å². The average Bonchev–Trinajstić information content (AvgIpc) is 2.15. The SMILES string of the molecule is NS(=O)(=O)NC1CNc2ccccc2C1. The van der Waals surface area contributed by atoms with E-state index in [1.807, 2.05) is 24.3 Å². The van der Waals surface area contributed by atoms with Crippen LogP contribution in [0, 0.1) is 0 Å². The highest BCUT2D eigenvalue weighted by atomic mass is 32.2. The van der Waals surface area contributed by atoms with Gasteiger partial charge in [0, 0.05) is 18.3 Å². The number of benzene rings is 1. The molecule has 0 aromatic heterocycles. The van der Waals surface area contributed by atoms with Crippen LogP contribution in [0.4, 0.5) is 5.69 Å². The van der Waals surface area contributed by atoms with E-state index < -0.39 is 10.2 Å². The number of hydrogen-bond acceptors (Lipinski definition) is 3. The van der Waals surface area contributed by atoms with Gasteiger partial charge in [0.25, 0.3) is 10.2 Å². The van der Waals surface area contributed by atoms with Crippen LogP contribution < -0.4 is 15.2 Å². The van der Waals surface area contributed by atoms with Gasteiger partial charge < -0.3 is 5.32 Å². The number of fused-ring (bicyclic) bond motifs is 1. The second-order valence-corrected chi connectivity index (χ2v) is 4.93. The van der Waals surface area contributed by atoms with E-state index in [4.69, 9.17) is 5.14 Å². The first-order valence-electron chi connectivity index (χ1n) is 4.66. The lowest BCUT2D eigenvalue weighted by Gasteiger charge is -2.25. The molecule has 0 amide bonds.